The average molecular weight is 208 g/mol. The Morgan fingerprint density at radius 2 is 2.13 bits per heavy atom. The molecule has 1 atom stereocenters. The summed E-state index contributed by atoms with van der Waals surface area (Å²) in [4.78, 5) is 35.5. The molecule has 1 heterocycles. The first-order valence-corrected chi connectivity index (χ1v) is 4.92. The summed E-state index contributed by atoms with van der Waals surface area (Å²) in [6.45, 7) is 3.40. The second kappa shape index (κ2) is 3.49. The van der Waals surface area contributed by atoms with Gasteiger partial charge in [0.2, 0.25) is 17.7 Å². The van der Waals surface area contributed by atoms with Crippen molar-refractivity contribution < 1.29 is 14.4 Å². The summed E-state index contributed by atoms with van der Waals surface area (Å²) in [5.41, 5.74) is 0. The Balaban J connectivity index is 2.17. The molecule has 5 heteroatoms. The molecule has 2 fully saturated rings. The van der Waals surface area contributed by atoms with Crippen molar-refractivity contribution in [2.75, 3.05) is 0 Å². The number of nitrogens with one attached hydrogen (secondary N) is 1. The molecule has 5 nitrogen and oxygen atoms in total. The van der Waals surface area contributed by atoms with E-state index in [1.54, 1.807) is 0 Å². The van der Waals surface area contributed by atoms with Gasteiger partial charge in [-0.15, -0.1) is 0 Å². The Morgan fingerprint density at radius 1 is 1.47 bits per heavy atom. The van der Waals surface area contributed by atoms with Gasteiger partial charge in [0.15, 0.2) is 0 Å². The molecule has 0 spiro atoms. The van der Waals surface area contributed by atoms with Gasteiger partial charge in [-0.05, 0) is 18.9 Å². The fraction of sp³-hybridized carbons (Fsp3) is 0.500. The predicted octanol–water partition coefficient (Wildman–Crippen LogP) is -0.422. The molecule has 2 rings (SSSR count). The smallest absolute Gasteiger partial charge is 0.249 e. The summed E-state index contributed by atoms with van der Waals surface area (Å²) in [6, 6.07) is -0.521. The molecule has 15 heavy (non-hydrogen) atoms. The van der Waals surface area contributed by atoms with E-state index in [0.29, 0.717) is 0 Å². The normalized spacial score (nSPS) is 24.9. The Kier molecular flexibility index (Phi) is 2.30. The lowest BCUT2D eigenvalue weighted by atomic mass is 10.2. The highest BCUT2D eigenvalue weighted by molar-refractivity contribution is 6.07. The van der Waals surface area contributed by atoms with Crippen LogP contribution in [0.3, 0.4) is 0 Å². The number of hydrogen-bond donors (Lipinski definition) is 1. The number of carbonyl (C=O) groups is 3. The van der Waals surface area contributed by atoms with E-state index < -0.39 is 6.04 Å². The van der Waals surface area contributed by atoms with Crippen molar-refractivity contribution >= 4 is 17.7 Å². The zero-order valence-electron chi connectivity index (χ0n) is 8.23. The van der Waals surface area contributed by atoms with E-state index >= 15 is 0 Å². The third-order valence-corrected chi connectivity index (χ3v) is 2.65. The van der Waals surface area contributed by atoms with E-state index in [2.05, 4.69) is 11.9 Å². The maximum atomic E-state index is 11.5. The van der Waals surface area contributed by atoms with Crippen molar-refractivity contribution in [1.82, 2.24) is 10.2 Å². The fourth-order valence-corrected chi connectivity index (χ4v) is 1.81. The van der Waals surface area contributed by atoms with Crippen molar-refractivity contribution in [3.05, 3.63) is 12.7 Å². The van der Waals surface area contributed by atoms with E-state index in [0.717, 1.165) is 12.8 Å². The largest absolute Gasteiger partial charge is 0.324 e. The molecular formula is C10H12N2O3. The van der Waals surface area contributed by atoms with Crippen molar-refractivity contribution in [1.29, 1.82) is 0 Å². The maximum Gasteiger partial charge on any atom is 0.249 e. The summed E-state index contributed by atoms with van der Waals surface area (Å²) in [7, 11) is 0. The molecule has 80 valence electrons. The van der Waals surface area contributed by atoms with Gasteiger partial charge in [-0.25, -0.2) is 0 Å². The number of nitrogens with zero attached hydrogens (tertiary/aromatic N) is 1. The van der Waals surface area contributed by atoms with Gasteiger partial charge >= 0.3 is 0 Å². The van der Waals surface area contributed by atoms with Crippen molar-refractivity contribution in [3.8, 4) is 0 Å². The minimum atomic E-state index is -0.629. The number of hydrogen-bond acceptors (Lipinski definition) is 3. The first-order chi connectivity index (χ1) is 7.13. The molecule has 0 aromatic rings. The molecule has 1 aliphatic heterocycles. The van der Waals surface area contributed by atoms with Crippen molar-refractivity contribution in [2.45, 2.75) is 31.3 Å². The molecule has 0 radical (unpaired) electrons. The minimum Gasteiger partial charge on any atom is -0.324 e. The highest BCUT2D eigenvalue weighted by Crippen LogP contribution is 2.30. The highest BCUT2D eigenvalue weighted by atomic mass is 16.2. The zero-order chi connectivity index (χ0) is 11.0. The third kappa shape index (κ3) is 1.77. The first-order valence-electron chi connectivity index (χ1n) is 4.92. The first kappa shape index (κ1) is 9.89. The summed E-state index contributed by atoms with van der Waals surface area (Å²) in [5.74, 6) is -0.957. The van der Waals surface area contributed by atoms with E-state index in [1.165, 1.54) is 11.0 Å². The molecule has 0 bridgehead atoms. The summed E-state index contributed by atoms with van der Waals surface area (Å²) < 4.78 is 0. The second-order valence-electron chi connectivity index (χ2n) is 3.81. The molecule has 1 unspecified atom stereocenters. The summed E-state index contributed by atoms with van der Waals surface area (Å²) in [6.07, 6.45) is 3.07. The molecule has 1 N–H and O–H groups in total. The predicted molar refractivity (Wildman–Crippen MR) is 51.6 cm³/mol. The van der Waals surface area contributed by atoms with Gasteiger partial charge in [0.05, 0.1) is 6.42 Å². The Morgan fingerprint density at radius 3 is 2.53 bits per heavy atom. The van der Waals surface area contributed by atoms with Crippen LogP contribution in [0.2, 0.25) is 0 Å². The quantitative estimate of drug-likeness (QED) is 0.506. The molecule has 0 aromatic carbocycles. The van der Waals surface area contributed by atoms with Crippen LogP contribution in [0.25, 0.3) is 0 Å². The molecule has 1 saturated heterocycles. The van der Waals surface area contributed by atoms with E-state index in [4.69, 9.17) is 0 Å². The van der Waals surface area contributed by atoms with Gasteiger partial charge in [0.25, 0.3) is 0 Å². The van der Waals surface area contributed by atoms with Crippen LogP contribution in [-0.2, 0) is 14.4 Å². The van der Waals surface area contributed by atoms with Crippen LogP contribution in [-0.4, -0.2) is 34.7 Å². The lowest BCUT2D eigenvalue weighted by Crippen LogP contribution is -2.45. The van der Waals surface area contributed by atoms with E-state index in [1.807, 2.05) is 0 Å². The summed E-state index contributed by atoms with van der Waals surface area (Å²) >= 11 is 0. The average Bonchev–Trinajstić information content (AvgIpc) is 2.95. The zero-order valence-corrected chi connectivity index (χ0v) is 8.23. The SMILES string of the molecule is C=CC(=O)N(C1CC1)C1CC(=O)NC1=O. The lowest BCUT2D eigenvalue weighted by molar-refractivity contribution is -0.135. The summed E-state index contributed by atoms with van der Waals surface area (Å²) in [5, 5.41) is 2.20. The number of amides is 3. The topological polar surface area (TPSA) is 66.5 Å². The molecular weight excluding hydrogens is 196 g/mol. The number of carbonyl (C=O) groups excluding carboxylic acids is 3. The van der Waals surface area contributed by atoms with Gasteiger partial charge < -0.3 is 4.90 Å². The molecule has 2 aliphatic rings. The maximum absolute atomic E-state index is 11.5. The van der Waals surface area contributed by atoms with Crippen LogP contribution < -0.4 is 5.32 Å². The van der Waals surface area contributed by atoms with Gasteiger partial charge in [-0.2, -0.15) is 0 Å². The van der Waals surface area contributed by atoms with Crippen LogP contribution in [0, 0.1) is 0 Å². The van der Waals surface area contributed by atoms with Crippen LogP contribution >= 0.6 is 0 Å². The highest BCUT2D eigenvalue weighted by Gasteiger charge is 2.43. The molecule has 3 amide bonds. The minimum absolute atomic E-state index is 0.0783. The molecule has 1 aliphatic carbocycles. The van der Waals surface area contributed by atoms with Crippen molar-refractivity contribution in [3.63, 3.8) is 0 Å². The fourth-order valence-electron chi connectivity index (χ4n) is 1.81. The number of rotatable bonds is 3. The third-order valence-electron chi connectivity index (χ3n) is 2.65. The monoisotopic (exact) mass is 208 g/mol. The second-order valence-corrected chi connectivity index (χ2v) is 3.81. The Bertz CT molecular complexity index is 347. The van der Waals surface area contributed by atoms with Gasteiger partial charge in [0.1, 0.15) is 6.04 Å². The number of imide groups is 1. The van der Waals surface area contributed by atoms with E-state index in [-0.39, 0.29) is 30.2 Å². The Labute approximate surface area is 87.1 Å². The van der Waals surface area contributed by atoms with E-state index in [9.17, 15) is 14.4 Å². The van der Waals surface area contributed by atoms with Gasteiger partial charge in [0, 0.05) is 6.04 Å². The standard InChI is InChI=1S/C10H12N2O3/c1-2-9(14)12(6-3-4-6)7-5-8(13)11-10(7)15/h2,6-7H,1,3-5H2,(H,11,13,15). The van der Waals surface area contributed by atoms with Crippen LogP contribution in [0.15, 0.2) is 12.7 Å². The van der Waals surface area contributed by atoms with Crippen LogP contribution in [0.1, 0.15) is 19.3 Å². The Hall–Kier alpha value is -1.65. The van der Waals surface area contributed by atoms with Crippen LogP contribution in [0.4, 0.5) is 0 Å². The van der Waals surface area contributed by atoms with Crippen molar-refractivity contribution in [2.24, 2.45) is 0 Å². The lowest BCUT2D eigenvalue weighted by Gasteiger charge is -2.25. The molecule has 0 aromatic heterocycles. The van der Waals surface area contributed by atoms with Gasteiger partial charge in [-0.3, -0.25) is 19.7 Å². The molecule has 1 saturated carbocycles. The van der Waals surface area contributed by atoms with Crippen LogP contribution in [0.5, 0.6) is 0 Å². The van der Waals surface area contributed by atoms with Gasteiger partial charge in [-0.1, -0.05) is 6.58 Å².